The highest BCUT2D eigenvalue weighted by molar-refractivity contribution is 5.81. The zero-order chi connectivity index (χ0) is 13.4. The van der Waals surface area contributed by atoms with E-state index in [0.717, 1.165) is 0 Å². The summed E-state index contributed by atoms with van der Waals surface area (Å²) < 4.78 is 10.6. The van der Waals surface area contributed by atoms with E-state index in [1.807, 2.05) is 0 Å². The van der Waals surface area contributed by atoms with Crippen LogP contribution in [0.15, 0.2) is 18.2 Å². The largest absolute Gasteiger partial charge is 0.490 e. The van der Waals surface area contributed by atoms with Gasteiger partial charge < -0.3 is 14.3 Å². The normalized spacial score (nSPS) is 9.61. The summed E-state index contributed by atoms with van der Waals surface area (Å²) in [7, 11) is 0. The molecule has 0 N–H and O–H groups in total. The molecule has 0 heterocycles. The van der Waals surface area contributed by atoms with E-state index < -0.39 is 5.09 Å². The first-order chi connectivity index (χ1) is 8.69. The molecule has 0 atom stereocenters. The lowest BCUT2D eigenvalue weighted by Crippen LogP contribution is -2.12. The quantitative estimate of drug-likeness (QED) is 0.302. The van der Waals surface area contributed by atoms with Crippen LogP contribution in [0.1, 0.15) is 17.3 Å². The van der Waals surface area contributed by atoms with Crippen molar-refractivity contribution >= 4 is 6.29 Å². The fourth-order valence-electron chi connectivity index (χ4n) is 1.30. The molecule has 0 aliphatic heterocycles. The van der Waals surface area contributed by atoms with Gasteiger partial charge in [0.1, 0.15) is 13.2 Å². The molecule has 0 fully saturated rings. The molecule has 0 aliphatic rings. The van der Waals surface area contributed by atoms with Gasteiger partial charge in [-0.05, 0) is 19.1 Å². The Labute approximate surface area is 103 Å². The number of aldehydes is 1. The zero-order valence-corrected chi connectivity index (χ0v) is 9.83. The monoisotopic (exact) mass is 255 g/mol. The Morgan fingerprint density at radius 3 is 2.72 bits per heavy atom. The minimum Gasteiger partial charge on any atom is -0.490 e. The number of hydrogen-bond acceptors (Lipinski definition) is 6. The smallest absolute Gasteiger partial charge is 0.294 e. The second-order valence-corrected chi connectivity index (χ2v) is 3.13. The Morgan fingerprint density at radius 2 is 2.11 bits per heavy atom. The van der Waals surface area contributed by atoms with Crippen molar-refractivity contribution in [3.05, 3.63) is 33.9 Å². The topological polar surface area (TPSA) is 87.9 Å². The van der Waals surface area contributed by atoms with Gasteiger partial charge in [0.15, 0.2) is 17.8 Å². The number of ether oxygens (including phenoxy) is 2. The van der Waals surface area contributed by atoms with Gasteiger partial charge in [-0.15, -0.1) is 10.1 Å². The van der Waals surface area contributed by atoms with Crippen LogP contribution < -0.4 is 9.47 Å². The van der Waals surface area contributed by atoms with Crippen LogP contribution in [0.2, 0.25) is 0 Å². The predicted molar refractivity (Wildman–Crippen MR) is 61.4 cm³/mol. The number of para-hydroxylation sites is 1. The number of carbonyl (C=O) groups excluding carboxylic acids is 1. The molecule has 1 aromatic carbocycles. The number of benzene rings is 1. The van der Waals surface area contributed by atoms with E-state index in [1.54, 1.807) is 25.1 Å². The highest BCUT2D eigenvalue weighted by Gasteiger charge is 2.10. The molecule has 1 aromatic rings. The molecule has 7 heteroatoms. The van der Waals surface area contributed by atoms with Crippen LogP contribution in [-0.2, 0) is 4.84 Å². The van der Waals surface area contributed by atoms with Gasteiger partial charge >= 0.3 is 0 Å². The van der Waals surface area contributed by atoms with Gasteiger partial charge in [0.25, 0.3) is 5.09 Å². The van der Waals surface area contributed by atoms with Gasteiger partial charge in [0.2, 0.25) is 0 Å². The number of hydrogen-bond donors (Lipinski definition) is 0. The third-order valence-corrected chi connectivity index (χ3v) is 1.96. The molecule has 18 heavy (non-hydrogen) atoms. The third-order valence-electron chi connectivity index (χ3n) is 1.96. The fraction of sp³-hybridized carbons (Fsp3) is 0.364. The van der Waals surface area contributed by atoms with Crippen molar-refractivity contribution in [3.8, 4) is 11.5 Å². The lowest BCUT2D eigenvalue weighted by atomic mass is 10.2. The molecule has 1 rings (SSSR count). The van der Waals surface area contributed by atoms with Crippen LogP contribution >= 0.6 is 0 Å². The first-order valence-corrected chi connectivity index (χ1v) is 5.30. The molecule has 0 radical (unpaired) electrons. The molecule has 98 valence electrons. The zero-order valence-electron chi connectivity index (χ0n) is 9.83. The van der Waals surface area contributed by atoms with E-state index in [4.69, 9.17) is 9.47 Å². The highest BCUT2D eigenvalue weighted by Crippen LogP contribution is 2.30. The maximum atomic E-state index is 10.8. The van der Waals surface area contributed by atoms with Crippen LogP contribution in [0.25, 0.3) is 0 Å². The molecule has 0 saturated carbocycles. The Morgan fingerprint density at radius 1 is 1.33 bits per heavy atom. The standard InChI is InChI=1S/C11H13NO6/c1-2-16-10-5-3-4-9(8-13)11(10)17-6-7-18-12(14)15/h3-5,8H,2,6-7H2,1H3. The number of rotatable bonds is 8. The van der Waals surface area contributed by atoms with E-state index in [0.29, 0.717) is 24.2 Å². The van der Waals surface area contributed by atoms with Gasteiger partial charge in [0, 0.05) is 0 Å². The van der Waals surface area contributed by atoms with Crippen LogP contribution in [0.5, 0.6) is 11.5 Å². The fourth-order valence-corrected chi connectivity index (χ4v) is 1.30. The second kappa shape index (κ2) is 7.10. The van der Waals surface area contributed by atoms with Crippen LogP contribution in [0, 0.1) is 10.1 Å². The van der Waals surface area contributed by atoms with Crippen LogP contribution in [0.4, 0.5) is 0 Å². The van der Waals surface area contributed by atoms with Crippen molar-refractivity contribution in [2.45, 2.75) is 6.92 Å². The average molecular weight is 255 g/mol. The Kier molecular flexibility index (Phi) is 5.43. The summed E-state index contributed by atoms with van der Waals surface area (Å²) in [4.78, 5) is 24.9. The molecule has 0 amide bonds. The summed E-state index contributed by atoms with van der Waals surface area (Å²) in [6, 6.07) is 4.88. The van der Waals surface area contributed by atoms with Gasteiger partial charge in [-0.1, -0.05) is 6.07 Å². The third kappa shape index (κ3) is 3.93. The van der Waals surface area contributed by atoms with E-state index >= 15 is 0 Å². The molecule has 7 nitrogen and oxygen atoms in total. The van der Waals surface area contributed by atoms with Gasteiger partial charge in [-0.2, -0.15) is 0 Å². The lowest BCUT2D eigenvalue weighted by molar-refractivity contribution is -0.757. The summed E-state index contributed by atoms with van der Waals surface area (Å²) in [5.41, 5.74) is 0.321. The van der Waals surface area contributed by atoms with E-state index in [-0.39, 0.29) is 19.0 Å². The van der Waals surface area contributed by atoms with Crippen LogP contribution in [-0.4, -0.2) is 31.2 Å². The van der Waals surface area contributed by atoms with Crippen molar-refractivity contribution in [3.63, 3.8) is 0 Å². The molecular weight excluding hydrogens is 242 g/mol. The maximum Gasteiger partial charge on any atom is 0.294 e. The van der Waals surface area contributed by atoms with Crippen LogP contribution in [0.3, 0.4) is 0 Å². The summed E-state index contributed by atoms with van der Waals surface area (Å²) >= 11 is 0. The Balaban J connectivity index is 2.71. The highest BCUT2D eigenvalue weighted by atomic mass is 17.0. The minimum absolute atomic E-state index is 0.0497. The minimum atomic E-state index is -0.904. The summed E-state index contributed by atoms with van der Waals surface area (Å²) in [6.07, 6.45) is 0.631. The summed E-state index contributed by atoms with van der Waals surface area (Å²) in [5, 5.41) is 9.05. The molecule has 0 spiro atoms. The lowest BCUT2D eigenvalue weighted by Gasteiger charge is -2.13. The van der Waals surface area contributed by atoms with E-state index in [2.05, 4.69) is 4.84 Å². The number of carbonyl (C=O) groups is 1. The first kappa shape index (κ1) is 13.8. The van der Waals surface area contributed by atoms with Crippen molar-refractivity contribution < 1.29 is 24.2 Å². The summed E-state index contributed by atoms with van der Waals surface area (Å²) in [6.45, 7) is 1.95. The summed E-state index contributed by atoms with van der Waals surface area (Å²) in [5.74, 6) is 0.685. The molecule has 0 aliphatic carbocycles. The van der Waals surface area contributed by atoms with Gasteiger partial charge in [-0.25, -0.2) is 0 Å². The first-order valence-electron chi connectivity index (χ1n) is 5.30. The van der Waals surface area contributed by atoms with Gasteiger partial charge in [-0.3, -0.25) is 4.79 Å². The Hall–Kier alpha value is -2.31. The maximum absolute atomic E-state index is 10.8. The van der Waals surface area contributed by atoms with E-state index in [9.17, 15) is 14.9 Å². The van der Waals surface area contributed by atoms with Crippen molar-refractivity contribution in [1.29, 1.82) is 0 Å². The molecule has 0 saturated heterocycles. The molecular formula is C11H13NO6. The Bertz CT molecular complexity index is 420. The predicted octanol–water partition coefficient (Wildman–Crippen LogP) is 1.48. The SMILES string of the molecule is CCOc1cccc(C=O)c1OCCO[N+](=O)[O-]. The van der Waals surface area contributed by atoms with Gasteiger partial charge in [0.05, 0.1) is 12.2 Å². The average Bonchev–Trinajstić information content (AvgIpc) is 2.35. The van der Waals surface area contributed by atoms with Crippen molar-refractivity contribution in [2.75, 3.05) is 19.8 Å². The molecule has 0 bridgehead atoms. The van der Waals surface area contributed by atoms with Crippen molar-refractivity contribution in [1.82, 2.24) is 0 Å². The van der Waals surface area contributed by atoms with E-state index in [1.165, 1.54) is 0 Å². The molecule has 0 unspecified atom stereocenters. The second-order valence-electron chi connectivity index (χ2n) is 3.13. The van der Waals surface area contributed by atoms with Crippen molar-refractivity contribution in [2.24, 2.45) is 0 Å². The number of nitrogens with zero attached hydrogens (tertiary/aromatic N) is 1. The molecule has 0 aromatic heterocycles.